The van der Waals surface area contributed by atoms with Crippen molar-refractivity contribution in [2.45, 2.75) is 76.8 Å². The minimum atomic E-state index is -1.39. The number of aromatic hydroxyl groups is 1. The number of nitrogens with one attached hydrogen (secondary N) is 1. The number of aryl methyl sites for hydroxylation is 1. The van der Waals surface area contributed by atoms with Crippen LogP contribution in [0.2, 0.25) is 0 Å². The summed E-state index contributed by atoms with van der Waals surface area (Å²) in [5, 5.41) is 39.5. The number of aliphatic hydroxyl groups is 2. The van der Waals surface area contributed by atoms with Crippen molar-refractivity contribution in [1.29, 1.82) is 0 Å². The van der Waals surface area contributed by atoms with E-state index >= 15 is 0 Å². The van der Waals surface area contributed by atoms with Gasteiger partial charge in [0.1, 0.15) is 47.1 Å². The predicted molar refractivity (Wildman–Crippen MR) is 130 cm³/mol. The Kier molecular flexibility index (Phi) is 7.58. The Morgan fingerprint density at radius 3 is 2.67 bits per heavy atom. The first-order valence-electron chi connectivity index (χ1n) is 12.0. The van der Waals surface area contributed by atoms with Gasteiger partial charge in [-0.25, -0.2) is 4.79 Å². The third-order valence-corrected chi connectivity index (χ3v) is 6.74. The van der Waals surface area contributed by atoms with E-state index in [4.69, 9.17) is 23.5 Å². The number of oxime groups is 1. The summed E-state index contributed by atoms with van der Waals surface area (Å²) in [6, 6.07) is 3.10. The average Bonchev–Trinajstić information content (AvgIpc) is 2.83. The highest BCUT2D eigenvalue weighted by Gasteiger charge is 2.50. The zero-order chi connectivity index (χ0) is 26.2. The topological polar surface area (TPSA) is 152 Å². The summed E-state index contributed by atoms with van der Waals surface area (Å²) in [5.41, 5.74) is -1.09. The quantitative estimate of drug-likeness (QED) is 0.258. The first-order valence-corrected chi connectivity index (χ1v) is 12.0. The number of hydrogen-bond acceptors (Lipinski definition) is 11. The fraction of sp³-hybridized carbons (Fsp3) is 0.600. The molecule has 2 aliphatic rings. The molecule has 0 amide bonds. The highest BCUT2D eigenvalue weighted by atomic mass is 16.7. The molecule has 0 radical (unpaired) electrons. The Morgan fingerprint density at radius 1 is 1.25 bits per heavy atom. The second-order valence-corrected chi connectivity index (χ2v) is 9.77. The van der Waals surface area contributed by atoms with Gasteiger partial charge in [-0.1, -0.05) is 5.16 Å². The summed E-state index contributed by atoms with van der Waals surface area (Å²) in [5.74, 6) is -0.0322. The Morgan fingerprint density at radius 2 is 2.00 bits per heavy atom. The average molecular weight is 507 g/mol. The lowest BCUT2D eigenvalue weighted by Gasteiger charge is -2.46. The number of ether oxygens (including phenoxy) is 3. The smallest absolute Gasteiger partial charge is 0.349 e. The SMILES string of the molecule is CO[C@@H]1[C@@H](O)[C@@H](O)[C@H](Oc2ccc3c(O)c(/C(C)=N\OC4CCCNC4)c(=O)oc3c2C)OC1(C)C. The fourth-order valence-electron chi connectivity index (χ4n) is 4.75. The third kappa shape index (κ3) is 4.94. The minimum absolute atomic E-state index is 0.0825. The van der Waals surface area contributed by atoms with Crippen LogP contribution in [-0.4, -0.2) is 77.5 Å². The van der Waals surface area contributed by atoms with Crippen LogP contribution in [0.4, 0.5) is 0 Å². The maximum atomic E-state index is 12.8. The number of rotatable bonds is 6. The summed E-state index contributed by atoms with van der Waals surface area (Å²) in [6.45, 7) is 8.25. The molecular formula is C25H34N2O9. The minimum Gasteiger partial charge on any atom is -0.506 e. The van der Waals surface area contributed by atoms with Gasteiger partial charge >= 0.3 is 5.63 Å². The van der Waals surface area contributed by atoms with Crippen LogP contribution in [0.3, 0.4) is 0 Å². The Hall–Kier alpha value is -2.70. The van der Waals surface area contributed by atoms with E-state index < -0.39 is 35.8 Å². The van der Waals surface area contributed by atoms with Crippen molar-refractivity contribution in [3.8, 4) is 11.5 Å². The van der Waals surface area contributed by atoms with E-state index in [1.165, 1.54) is 13.2 Å². The number of nitrogens with zero attached hydrogens (tertiary/aromatic N) is 1. The number of methoxy groups -OCH3 is 1. The zero-order valence-electron chi connectivity index (χ0n) is 21.1. The maximum Gasteiger partial charge on any atom is 0.349 e. The number of benzene rings is 1. The van der Waals surface area contributed by atoms with E-state index in [0.29, 0.717) is 12.1 Å². The molecule has 36 heavy (non-hydrogen) atoms. The lowest BCUT2D eigenvalue weighted by atomic mass is 9.89. The molecule has 1 aromatic heterocycles. The van der Waals surface area contributed by atoms with E-state index in [2.05, 4.69) is 10.5 Å². The van der Waals surface area contributed by atoms with Crippen LogP contribution in [0.5, 0.6) is 11.5 Å². The molecule has 2 fully saturated rings. The van der Waals surface area contributed by atoms with Gasteiger partial charge in [0.05, 0.1) is 16.7 Å². The largest absolute Gasteiger partial charge is 0.506 e. The van der Waals surface area contributed by atoms with Gasteiger partial charge in [-0.15, -0.1) is 0 Å². The zero-order valence-corrected chi connectivity index (χ0v) is 21.1. The molecule has 4 N–H and O–H groups in total. The molecule has 2 aromatic rings. The van der Waals surface area contributed by atoms with Crippen LogP contribution in [0.25, 0.3) is 11.0 Å². The van der Waals surface area contributed by atoms with Gasteiger partial charge < -0.3 is 44.1 Å². The predicted octanol–water partition coefficient (Wildman–Crippen LogP) is 1.55. The van der Waals surface area contributed by atoms with E-state index in [0.717, 1.165) is 19.4 Å². The van der Waals surface area contributed by atoms with E-state index in [1.54, 1.807) is 33.8 Å². The van der Waals surface area contributed by atoms with Gasteiger partial charge in [-0.05, 0) is 59.2 Å². The maximum absolute atomic E-state index is 12.8. The Balaban J connectivity index is 1.62. The number of aliphatic hydroxyl groups excluding tert-OH is 2. The standard InChI is InChI=1S/C25H34N2O9/c1-12-16(33-24-20(30)19(29)22(32-5)25(3,4)35-24)9-8-15-18(28)17(23(31)34-21(12)15)13(2)27-36-14-7-6-10-26-11-14/h8-9,14,19-20,22,24,26,28-30H,6-7,10-11H2,1-5H3/b27-13-/t14?,19-,20+,22+,24+/m0/s1. The molecule has 5 atom stereocenters. The first-order chi connectivity index (χ1) is 17.0. The monoisotopic (exact) mass is 506 g/mol. The molecule has 3 heterocycles. The molecule has 11 heteroatoms. The summed E-state index contributed by atoms with van der Waals surface area (Å²) >= 11 is 0. The highest BCUT2D eigenvalue weighted by Crippen LogP contribution is 2.37. The van der Waals surface area contributed by atoms with Gasteiger partial charge in [-0.3, -0.25) is 0 Å². The normalized spacial score (nSPS) is 28.8. The van der Waals surface area contributed by atoms with Crippen molar-refractivity contribution < 1.29 is 38.8 Å². The van der Waals surface area contributed by atoms with Crippen molar-refractivity contribution in [1.82, 2.24) is 5.32 Å². The summed E-state index contributed by atoms with van der Waals surface area (Å²) in [7, 11) is 1.43. The van der Waals surface area contributed by atoms with E-state index in [-0.39, 0.29) is 39.8 Å². The van der Waals surface area contributed by atoms with E-state index in [1.807, 2.05) is 0 Å². The number of hydrogen-bond donors (Lipinski definition) is 4. The van der Waals surface area contributed by atoms with Crippen LogP contribution in [0, 0.1) is 6.92 Å². The molecule has 2 saturated heterocycles. The second kappa shape index (κ2) is 10.3. The molecule has 0 bridgehead atoms. The molecule has 198 valence electrons. The second-order valence-electron chi connectivity index (χ2n) is 9.77. The molecule has 2 aliphatic heterocycles. The van der Waals surface area contributed by atoms with Crippen molar-refractivity contribution in [2.75, 3.05) is 20.2 Å². The van der Waals surface area contributed by atoms with E-state index in [9.17, 15) is 20.1 Å². The molecule has 1 aromatic carbocycles. The molecule has 0 spiro atoms. The van der Waals surface area contributed by atoms with Crippen molar-refractivity contribution in [3.05, 3.63) is 33.7 Å². The number of fused-ring (bicyclic) bond motifs is 1. The van der Waals surface area contributed by atoms with Crippen molar-refractivity contribution in [2.24, 2.45) is 5.16 Å². The van der Waals surface area contributed by atoms with Gasteiger partial charge in [0.2, 0.25) is 6.29 Å². The summed E-state index contributed by atoms with van der Waals surface area (Å²) in [6.07, 6.45) is -2.89. The van der Waals surface area contributed by atoms with Crippen molar-refractivity contribution in [3.63, 3.8) is 0 Å². The van der Waals surface area contributed by atoms with Gasteiger partial charge in [-0.2, -0.15) is 0 Å². The first kappa shape index (κ1) is 26.4. The summed E-state index contributed by atoms with van der Waals surface area (Å²) < 4.78 is 22.6. The van der Waals surface area contributed by atoms with Gasteiger partial charge in [0.15, 0.2) is 0 Å². The Labute approximate surface area is 208 Å². The molecular weight excluding hydrogens is 472 g/mol. The highest BCUT2D eigenvalue weighted by molar-refractivity contribution is 6.04. The molecule has 11 nitrogen and oxygen atoms in total. The molecule has 0 aliphatic carbocycles. The van der Waals surface area contributed by atoms with Crippen LogP contribution in [0.1, 0.15) is 44.7 Å². The fourth-order valence-corrected chi connectivity index (χ4v) is 4.75. The van der Waals surface area contributed by atoms with Gasteiger partial charge in [0.25, 0.3) is 0 Å². The molecule has 0 saturated carbocycles. The summed E-state index contributed by atoms with van der Waals surface area (Å²) in [4.78, 5) is 18.4. The van der Waals surface area contributed by atoms with Crippen LogP contribution in [0.15, 0.2) is 26.5 Å². The van der Waals surface area contributed by atoms with Crippen molar-refractivity contribution >= 4 is 16.7 Å². The lowest BCUT2D eigenvalue weighted by molar-refractivity contribution is -0.306. The van der Waals surface area contributed by atoms with Crippen LogP contribution < -0.4 is 15.7 Å². The van der Waals surface area contributed by atoms with Crippen LogP contribution in [-0.2, 0) is 14.3 Å². The van der Waals surface area contributed by atoms with Crippen LogP contribution >= 0.6 is 0 Å². The lowest BCUT2D eigenvalue weighted by Crippen LogP contribution is -2.63. The number of piperidine rings is 1. The van der Waals surface area contributed by atoms with Gasteiger partial charge in [0, 0.05) is 19.2 Å². The molecule has 4 rings (SSSR count). The third-order valence-electron chi connectivity index (χ3n) is 6.74. The Bertz CT molecular complexity index is 1190. The molecule has 1 unspecified atom stereocenters.